The van der Waals surface area contributed by atoms with Gasteiger partial charge >= 0.3 is 6.03 Å². The summed E-state index contributed by atoms with van der Waals surface area (Å²) in [4.78, 5) is 25.5. The molecule has 1 saturated heterocycles. The first-order valence-electron chi connectivity index (χ1n) is 6.15. The fraction of sp³-hybridized carbons (Fsp3) is 0.429. The lowest BCUT2D eigenvalue weighted by Crippen LogP contribution is -2.47. The third-order valence-corrected chi connectivity index (χ3v) is 3.37. The summed E-state index contributed by atoms with van der Waals surface area (Å²) >= 11 is 0. The molecule has 0 aliphatic carbocycles. The highest BCUT2D eigenvalue weighted by Crippen LogP contribution is 2.21. The molecular weight excluding hydrogens is 244 g/mol. The Morgan fingerprint density at radius 2 is 2.00 bits per heavy atom. The van der Waals surface area contributed by atoms with E-state index in [0.717, 1.165) is 11.1 Å². The average Bonchev–Trinajstić information content (AvgIpc) is 2.56. The Balaban J connectivity index is 2.20. The van der Waals surface area contributed by atoms with E-state index in [0.29, 0.717) is 0 Å². The summed E-state index contributed by atoms with van der Waals surface area (Å²) < 4.78 is 5.01. The maximum atomic E-state index is 12.3. The summed E-state index contributed by atoms with van der Waals surface area (Å²) in [6.45, 7) is 4.09. The zero-order valence-electron chi connectivity index (χ0n) is 11.4. The molecule has 1 aliphatic rings. The summed E-state index contributed by atoms with van der Waals surface area (Å²) in [7, 11) is 1.51. The van der Waals surface area contributed by atoms with Gasteiger partial charge < -0.3 is 10.1 Å². The Bertz CT molecular complexity index is 515. The molecule has 0 radical (unpaired) electrons. The van der Waals surface area contributed by atoms with Crippen LogP contribution in [0.4, 0.5) is 4.79 Å². The summed E-state index contributed by atoms with van der Waals surface area (Å²) in [6.07, 6.45) is 0. The number of carbonyl (C=O) groups is 2. The Kier molecular flexibility index (Phi) is 3.57. The van der Waals surface area contributed by atoms with Crippen molar-refractivity contribution >= 4 is 11.9 Å². The van der Waals surface area contributed by atoms with Crippen LogP contribution in [0, 0.1) is 6.92 Å². The number of nitrogens with one attached hydrogen (secondary N) is 1. The molecule has 19 heavy (non-hydrogen) atoms. The van der Waals surface area contributed by atoms with Crippen molar-refractivity contribution in [2.75, 3.05) is 13.7 Å². The maximum absolute atomic E-state index is 12.3. The number of benzene rings is 1. The van der Waals surface area contributed by atoms with Crippen LogP contribution >= 0.6 is 0 Å². The molecule has 2 rings (SSSR count). The molecule has 1 heterocycles. The molecule has 102 valence electrons. The topological polar surface area (TPSA) is 58.6 Å². The molecule has 1 aliphatic heterocycles. The van der Waals surface area contributed by atoms with Crippen LogP contribution in [-0.2, 0) is 16.1 Å². The van der Waals surface area contributed by atoms with Crippen LogP contribution in [0.3, 0.4) is 0 Å². The number of urea groups is 1. The zero-order chi connectivity index (χ0) is 14.0. The van der Waals surface area contributed by atoms with Crippen LogP contribution < -0.4 is 5.32 Å². The van der Waals surface area contributed by atoms with E-state index in [1.807, 2.05) is 31.2 Å². The van der Waals surface area contributed by atoms with Crippen LogP contribution in [0.15, 0.2) is 24.3 Å². The molecule has 1 atom stereocenters. The molecule has 1 fully saturated rings. The number of hydrogen-bond donors (Lipinski definition) is 1. The lowest BCUT2D eigenvalue weighted by Gasteiger charge is -2.20. The predicted octanol–water partition coefficient (Wildman–Crippen LogP) is 1.45. The number of ether oxygens (including phenoxy) is 1. The van der Waals surface area contributed by atoms with Crippen molar-refractivity contribution in [3.05, 3.63) is 35.4 Å². The van der Waals surface area contributed by atoms with Crippen molar-refractivity contribution in [1.82, 2.24) is 10.2 Å². The van der Waals surface area contributed by atoms with Crippen LogP contribution in [0.2, 0.25) is 0 Å². The molecule has 0 bridgehead atoms. The van der Waals surface area contributed by atoms with E-state index in [4.69, 9.17) is 4.74 Å². The lowest BCUT2D eigenvalue weighted by atomic mass is 10.0. The predicted molar refractivity (Wildman–Crippen MR) is 70.5 cm³/mol. The first-order chi connectivity index (χ1) is 8.98. The molecule has 0 saturated carbocycles. The molecule has 0 unspecified atom stereocenters. The highest BCUT2D eigenvalue weighted by atomic mass is 16.5. The molecule has 3 amide bonds. The van der Waals surface area contributed by atoms with Crippen LogP contribution in [0.5, 0.6) is 0 Å². The zero-order valence-corrected chi connectivity index (χ0v) is 11.4. The van der Waals surface area contributed by atoms with Gasteiger partial charge in [-0.25, -0.2) is 4.79 Å². The van der Waals surface area contributed by atoms with Crippen molar-refractivity contribution in [1.29, 1.82) is 0 Å². The number of methoxy groups -OCH3 is 1. The van der Waals surface area contributed by atoms with Gasteiger partial charge in [-0.15, -0.1) is 0 Å². The SMILES string of the molecule is COC[C@@]1(C)NC(=O)N(Cc2ccccc2C)C1=O. The standard InChI is InChI=1S/C14H18N2O3/c1-10-6-4-5-7-11(10)8-16-12(17)14(2,9-19-3)15-13(16)18/h4-7H,8-9H2,1-3H3,(H,15,18)/t14-/m1/s1. The summed E-state index contributed by atoms with van der Waals surface area (Å²) in [6, 6.07) is 7.34. The Morgan fingerprint density at radius 1 is 1.32 bits per heavy atom. The molecule has 5 heteroatoms. The number of rotatable bonds is 4. The van der Waals surface area contributed by atoms with Crippen LogP contribution in [0.1, 0.15) is 18.1 Å². The van der Waals surface area contributed by atoms with E-state index in [9.17, 15) is 9.59 Å². The van der Waals surface area contributed by atoms with Gasteiger partial charge in [-0.2, -0.15) is 0 Å². The van der Waals surface area contributed by atoms with E-state index >= 15 is 0 Å². The van der Waals surface area contributed by atoms with Crippen molar-refractivity contribution in [3.63, 3.8) is 0 Å². The number of amides is 3. The van der Waals surface area contributed by atoms with Crippen molar-refractivity contribution in [2.45, 2.75) is 25.9 Å². The smallest absolute Gasteiger partial charge is 0.325 e. The molecular formula is C14H18N2O3. The van der Waals surface area contributed by atoms with Gasteiger partial charge in [0.1, 0.15) is 5.54 Å². The summed E-state index contributed by atoms with van der Waals surface area (Å²) in [5, 5.41) is 2.68. The highest BCUT2D eigenvalue weighted by Gasteiger charge is 2.47. The first kappa shape index (κ1) is 13.5. The van der Waals surface area contributed by atoms with Crippen molar-refractivity contribution < 1.29 is 14.3 Å². The minimum absolute atomic E-state index is 0.168. The minimum Gasteiger partial charge on any atom is -0.382 e. The maximum Gasteiger partial charge on any atom is 0.325 e. The molecule has 0 spiro atoms. The number of carbonyl (C=O) groups excluding carboxylic acids is 2. The van der Waals surface area contributed by atoms with Crippen LogP contribution in [0.25, 0.3) is 0 Å². The second kappa shape index (κ2) is 5.01. The van der Waals surface area contributed by atoms with Crippen LogP contribution in [-0.4, -0.2) is 36.1 Å². The third-order valence-electron chi connectivity index (χ3n) is 3.37. The number of nitrogens with zero attached hydrogens (tertiary/aromatic N) is 1. The minimum atomic E-state index is -0.964. The van der Waals surface area contributed by atoms with E-state index < -0.39 is 5.54 Å². The van der Waals surface area contributed by atoms with Gasteiger partial charge in [0.2, 0.25) is 0 Å². The van der Waals surface area contributed by atoms with Gasteiger partial charge in [0.25, 0.3) is 5.91 Å². The van der Waals surface area contributed by atoms with Gasteiger partial charge in [0, 0.05) is 7.11 Å². The molecule has 0 aromatic heterocycles. The fourth-order valence-electron chi connectivity index (χ4n) is 2.23. The molecule has 5 nitrogen and oxygen atoms in total. The highest BCUT2D eigenvalue weighted by molar-refractivity contribution is 6.06. The summed E-state index contributed by atoms with van der Waals surface area (Å²) in [5.41, 5.74) is 1.06. The number of aryl methyl sites for hydroxylation is 1. The molecule has 1 aromatic carbocycles. The normalized spacial score (nSPS) is 22.8. The van der Waals surface area contributed by atoms with E-state index in [2.05, 4.69) is 5.32 Å². The number of hydrogen-bond acceptors (Lipinski definition) is 3. The summed E-state index contributed by atoms with van der Waals surface area (Å²) in [5.74, 6) is -0.248. The Hall–Kier alpha value is -1.88. The molecule has 1 aromatic rings. The van der Waals surface area contributed by atoms with Gasteiger partial charge in [-0.05, 0) is 25.0 Å². The molecule has 1 N–H and O–H groups in total. The average molecular weight is 262 g/mol. The third kappa shape index (κ3) is 2.46. The van der Waals surface area contributed by atoms with Gasteiger partial charge in [-0.3, -0.25) is 9.69 Å². The Morgan fingerprint density at radius 3 is 2.63 bits per heavy atom. The Labute approximate surface area is 112 Å². The van der Waals surface area contributed by atoms with Crippen molar-refractivity contribution in [3.8, 4) is 0 Å². The van der Waals surface area contributed by atoms with Gasteiger partial charge in [0.05, 0.1) is 13.2 Å². The lowest BCUT2D eigenvalue weighted by molar-refractivity contribution is -0.132. The second-order valence-corrected chi connectivity index (χ2v) is 5.01. The number of imide groups is 1. The first-order valence-corrected chi connectivity index (χ1v) is 6.15. The monoisotopic (exact) mass is 262 g/mol. The van der Waals surface area contributed by atoms with E-state index in [-0.39, 0.29) is 25.1 Å². The fourth-order valence-corrected chi connectivity index (χ4v) is 2.23. The van der Waals surface area contributed by atoms with Gasteiger partial charge in [0.15, 0.2) is 0 Å². The van der Waals surface area contributed by atoms with E-state index in [1.54, 1.807) is 6.92 Å². The van der Waals surface area contributed by atoms with E-state index in [1.165, 1.54) is 12.0 Å². The second-order valence-electron chi connectivity index (χ2n) is 5.01. The quantitative estimate of drug-likeness (QED) is 0.836. The van der Waals surface area contributed by atoms with Gasteiger partial charge in [-0.1, -0.05) is 24.3 Å². The van der Waals surface area contributed by atoms with Crippen molar-refractivity contribution in [2.24, 2.45) is 0 Å². The largest absolute Gasteiger partial charge is 0.382 e.